The van der Waals surface area contributed by atoms with Gasteiger partial charge in [0, 0.05) is 18.1 Å². The largest absolute Gasteiger partial charge is 0.496 e. The van der Waals surface area contributed by atoms with Crippen LogP contribution in [0.5, 0.6) is 5.75 Å². The highest BCUT2D eigenvalue weighted by Crippen LogP contribution is 2.36. The average Bonchev–Trinajstić information content (AvgIpc) is 2.85. The van der Waals surface area contributed by atoms with Crippen LogP contribution in [0.4, 0.5) is 0 Å². The third-order valence-electron chi connectivity index (χ3n) is 3.64. The van der Waals surface area contributed by atoms with Gasteiger partial charge in [0.05, 0.1) is 19.8 Å². The third kappa shape index (κ3) is 2.51. The van der Waals surface area contributed by atoms with Crippen molar-refractivity contribution >= 4 is 0 Å². The third-order valence-corrected chi connectivity index (χ3v) is 3.64. The Morgan fingerprint density at radius 3 is 2.78 bits per heavy atom. The van der Waals surface area contributed by atoms with Gasteiger partial charge in [-0.2, -0.15) is 0 Å². The van der Waals surface area contributed by atoms with Crippen LogP contribution in [0.2, 0.25) is 0 Å². The topological polar surface area (TPSA) is 56.5 Å². The van der Waals surface area contributed by atoms with Crippen molar-refractivity contribution in [3.8, 4) is 5.75 Å². The second kappa shape index (κ2) is 5.69. The van der Waals surface area contributed by atoms with Crippen LogP contribution >= 0.6 is 0 Å². The Morgan fingerprint density at radius 1 is 1.44 bits per heavy atom. The van der Waals surface area contributed by atoms with Crippen molar-refractivity contribution in [3.05, 3.63) is 28.8 Å². The molecule has 18 heavy (non-hydrogen) atoms. The molecule has 1 saturated heterocycles. The summed E-state index contributed by atoms with van der Waals surface area (Å²) >= 11 is 0. The molecule has 0 aromatic heterocycles. The summed E-state index contributed by atoms with van der Waals surface area (Å²) in [6, 6.07) is 4.31. The smallest absolute Gasteiger partial charge is 0.124 e. The van der Waals surface area contributed by atoms with E-state index in [2.05, 4.69) is 31.4 Å². The molecule has 1 heterocycles. The highest BCUT2D eigenvalue weighted by Gasteiger charge is 2.29. The van der Waals surface area contributed by atoms with Gasteiger partial charge in [-0.1, -0.05) is 6.07 Å². The maximum atomic E-state index is 5.75. The number of rotatable bonds is 4. The molecule has 2 atom stereocenters. The van der Waals surface area contributed by atoms with Crippen molar-refractivity contribution in [1.29, 1.82) is 0 Å². The van der Waals surface area contributed by atoms with E-state index < -0.39 is 0 Å². The predicted molar refractivity (Wildman–Crippen MR) is 71.5 cm³/mol. The Bertz CT molecular complexity index is 415. The first-order chi connectivity index (χ1) is 8.67. The SMILES string of the molecule is COc1cc(C)cc(C)c1C(NN)C1CCOC1. The van der Waals surface area contributed by atoms with Crippen molar-refractivity contribution < 1.29 is 9.47 Å². The van der Waals surface area contributed by atoms with E-state index >= 15 is 0 Å². The van der Waals surface area contributed by atoms with Gasteiger partial charge in [-0.25, -0.2) is 0 Å². The molecular formula is C14H22N2O2. The molecule has 100 valence electrons. The first-order valence-corrected chi connectivity index (χ1v) is 6.36. The molecule has 1 aliphatic rings. The summed E-state index contributed by atoms with van der Waals surface area (Å²) in [5, 5.41) is 0. The van der Waals surface area contributed by atoms with E-state index in [0.717, 1.165) is 30.9 Å². The number of hydrogen-bond acceptors (Lipinski definition) is 4. The van der Waals surface area contributed by atoms with E-state index in [9.17, 15) is 0 Å². The molecule has 0 radical (unpaired) electrons. The van der Waals surface area contributed by atoms with Crippen molar-refractivity contribution in [2.75, 3.05) is 20.3 Å². The lowest BCUT2D eigenvalue weighted by Crippen LogP contribution is -2.34. The minimum atomic E-state index is 0.0862. The molecule has 1 aromatic carbocycles. The van der Waals surface area contributed by atoms with Crippen molar-refractivity contribution in [3.63, 3.8) is 0 Å². The standard InChI is InChI=1S/C14H22N2O2/c1-9-6-10(2)13(12(7-9)17-3)14(16-15)11-4-5-18-8-11/h6-7,11,14,16H,4-5,8,15H2,1-3H3. The summed E-state index contributed by atoms with van der Waals surface area (Å²) in [6.45, 7) is 5.75. The lowest BCUT2D eigenvalue weighted by molar-refractivity contribution is 0.176. The summed E-state index contributed by atoms with van der Waals surface area (Å²) in [5.74, 6) is 7.07. The van der Waals surface area contributed by atoms with Gasteiger partial charge >= 0.3 is 0 Å². The second-order valence-electron chi connectivity index (χ2n) is 4.97. The van der Waals surface area contributed by atoms with Crippen molar-refractivity contribution in [1.82, 2.24) is 5.43 Å². The Hall–Kier alpha value is -1.10. The van der Waals surface area contributed by atoms with Crippen LogP contribution in [-0.2, 0) is 4.74 Å². The van der Waals surface area contributed by atoms with Gasteiger partial charge < -0.3 is 9.47 Å². The maximum Gasteiger partial charge on any atom is 0.124 e. The first kappa shape index (κ1) is 13.3. The Balaban J connectivity index is 2.40. The van der Waals surface area contributed by atoms with Gasteiger partial charge in [0.25, 0.3) is 0 Å². The molecule has 0 amide bonds. The molecule has 4 heteroatoms. The van der Waals surface area contributed by atoms with E-state index in [0.29, 0.717) is 5.92 Å². The van der Waals surface area contributed by atoms with Crippen LogP contribution in [0.25, 0.3) is 0 Å². The molecule has 4 nitrogen and oxygen atoms in total. The van der Waals surface area contributed by atoms with Gasteiger partial charge in [0.2, 0.25) is 0 Å². The molecule has 2 rings (SSSR count). The van der Waals surface area contributed by atoms with Gasteiger partial charge in [0.15, 0.2) is 0 Å². The number of hydrazine groups is 1. The fourth-order valence-electron chi connectivity index (χ4n) is 2.78. The lowest BCUT2D eigenvalue weighted by atomic mass is 9.88. The number of ether oxygens (including phenoxy) is 2. The van der Waals surface area contributed by atoms with Crippen LogP contribution in [-0.4, -0.2) is 20.3 Å². The van der Waals surface area contributed by atoms with E-state index in [-0.39, 0.29) is 6.04 Å². The number of methoxy groups -OCH3 is 1. The first-order valence-electron chi connectivity index (χ1n) is 6.36. The number of benzene rings is 1. The summed E-state index contributed by atoms with van der Waals surface area (Å²) in [6.07, 6.45) is 1.03. The molecular weight excluding hydrogens is 228 g/mol. The summed E-state index contributed by atoms with van der Waals surface area (Å²) < 4.78 is 11.0. The van der Waals surface area contributed by atoms with Gasteiger partial charge in [-0.05, 0) is 37.5 Å². The molecule has 0 aliphatic carbocycles. The minimum Gasteiger partial charge on any atom is -0.496 e. The normalized spacial score (nSPS) is 21.0. The quantitative estimate of drug-likeness (QED) is 0.632. The zero-order chi connectivity index (χ0) is 13.1. The van der Waals surface area contributed by atoms with Crippen molar-refractivity contribution in [2.45, 2.75) is 26.3 Å². The van der Waals surface area contributed by atoms with Crippen LogP contribution in [0.1, 0.15) is 29.2 Å². The van der Waals surface area contributed by atoms with E-state index in [1.807, 2.05) is 0 Å². The minimum absolute atomic E-state index is 0.0862. The van der Waals surface area contributed by atoms with E-state index in [1.165, 1.54) is 11.1 Å². The van der Waals surface area contributed by atoms with Gasteiger partial charge in [0.1, 0.15) is 5.75 Å². The monoisotopic (exact) mass is 250 g/mol. The van der Waals surface area contributed by atoms with Gasteiger partial charge in [-0.3, -0.25) is 11.3 Å². The Morgan fingerprint density at radius 2 is 2.22 bits per heavy atom. The number of aryl methyl sites for hydroxylation is 2. The fourth-order valence-corrected chi connectivity index (χ4v) is 2.78. The molecule has 1 aromatic rings. The van der Waals surface area contributed by atoms with Crippen LogP contribution in [0, 0.1) is 19.8 Å². The highest BCUT2D eigenvalue weighted by molar-refractivity contribution is 5.45. The van der Waals surface area contributed by atoms with Crippen LogP contribution < -0.4 is 16.0 Å². The molecule has 0 saturated carbocycles. The van der Waals surface area contributed by atoms with Crippen molar-refractivity contribution in [2.24, 2.45) is 11.8 Å². The molecule has 1 fully saturated rings. The Labute approximate surface area is 108 Å². The number of nitrogens with one attached hydrogen (secondary N) is 1. The molecule has 0 bridgehead atoms. The molecule has 3 N–H and O–H groups in total. The van der Waals surface area contributed by atoms with E-state index in [4.69, 9.17) is 15.3 Å². The summed E-state index contributed by atoms with van der Waals surface area (Å²) in [5.41, 5.74) is 6.50. The second-order valence-corrected chi connectivity index (χ2v) is 4.97. The molecule has 2 unspecified atom stereocenters. The van der Waals surface area contributed by atoms with E-state index in [1.54, 1.807) is 7.11 Å². The highest BCUT2D eigenvalue weighted by atomic mass is 16.5. The maximum absolute atomic E-state index is 5.75. The predicted octanol–water partition coefficient (Wildman–Crippen LogP) is 1.85. The number of nitrogens with two attached hydrogens (primary N) is 1. The number of hydrogen-bond donors (Lipinski definition) is 2. The zero-order valence-electron chi connectivity index (χ0n) is 11.3. The summed E-state index contributed by atoms with van der Waals surface area (Å²) in [4.78, 5) is 0. The van der Waals surface area contributed by atoms with Gasteiger partial charge in [-0.15, -0.1) is 0 Å². The summed E-state index contributed by atoms with van der Waals surface area (Å²) in [7, 11) is 1.70. The fraction of sp³-hybridized carbons (Fsp3) is 0.571. The van der Waals surface area contributed by atoms with Crippen LogP contribution in [0.15, 0.2) is 12.1 Å². The molecule has 0 spiro atoms. The lowest BCUT2D eigenvalue weighted by Gasteiger charge is -2.26. The molecule has 1 aliphatic heterocycles. The zero-order valence-corrected chi connectivity index (χ0v) is 11.3. The average molecular weight is 250 g/mol. The van der Waals surface area contributed by atoms with Crippen LogP contribution in [0.3, 0.4) is 0 Å². The Kier molecular flexibility index (Phi) is 4.22.